The summed E-state index contributed by atoms with van der Waals surface area (Å²) in [5, 5.41) is 3.04. The molecule has 4 nitrogen and oxygen atoms in total. The van der Waals surface area contributed by atoms with Gasteiger partial charge in [-0.05, 0) is 42.8 Å². The molecule has 0 unspecified atom stereocenters. The Balaban J connectivity index is 2.04. The predicted octanol–water partition coefficient (Wildman–Crippen LogP) is 4.10. The average molecular weight is 372 g/mol. The molecule has 0 saturated heterocycles. The van der Waals surface area contributed by atoms with Gasteiger partial charge in [0.25, 0.3) is 0 Å². The van der Waals surface area contributed by atoms with E-state index in [1.165, 1.54) is 18.2 Å². The first kappa shape index (κ1) is 17.8. The zero-order valence-electron chi connectivity index (χ0n) is 12.3. The van der Waals surface area contributed by atoms with Gasteiger partial charge in [-0.15, -0.1) is 0 Å². The number of sulfone groups is 1. The van der Waals surface area contributed by atoms with Crippen molar-refractivity contribution in [2.24, 2.45) is 0 Å². The lowest BCUT2D eigenvalue weighted by atomic mass is 10.2. The first-order valence-corrected chi connectivity index (χ1v) is 9.23. The number of nitrogens with one attached hydrogen (secondary N) is 1. The number of carbonyl (C=O) groups is 1. The molecule has 0 aliphatic heterocycles. The fourth-order valence-corrected chi connectivity index (χ4v) is 4.05. The van der Waals surface area contributed by atoms with Crippen LogP contribution in [0.5, 0.6) is 0 Å². The maximum Gasteiger partial charge on any atom is 0.225 e. The summed E-state index contributed by atoms with van der Waals surface area (Å²) in [6.07, 6.45) is -0.168. The van der Waals surface area contributed by atoms with Crippen LogP contribution in [0, 0.1) is 6.92 Å². The lowest BCUT2D eigenvalue weighted by molar-refractivity contribution is -0.115. The van der Waals surface area contributed by atoms with E-state index >= 15 is 0 Å². The Morgan fingerprint density at radius 1 is 1.13 bits per heavy atom. The van der Waals surface area contributed by atoms with E-state index in [1.807, 2.05) is 19.1 Å². The van der Waals surface area contributed by atoms with Gasteiger partial charge in [0.1, 0.15) is 0 Å². The molecule has 0 bridgehead atoms. The molecule has 1 amide bonds. The summed E-state index contributed by atoms with van der Waals surface area (Å²) in [4.78, 5) is 11.9. The molecule has 0 atom stereocenters. The summed E-state index contributed by atoms with van der Waals surface area (Å²) in [6.45, 7) is 1.90. The van der Waals surface area contributed by atoms with Crippen molar-refractivity contribution in [3.8, 4) is 0 Å². The summed E-state index contributed by atoms with van der Waals surface area (Å²) in [5.41, 5.74) is 1.63. The molecule has 122 valence electrons. The van der Waals surface area contributed by atoms with Crippen molar-refractivity contribution in [3.05, 3.63) is 58.1 Å². The fraction of sp³-hybridized carbons (Fsp3) is 0.188. The third-order valence-corrected chi connectivity index (χ3v) is 5.55. The zero-order chi connectivity index (χ0) is 17.0. The molecule has 0 saturated carbocycles. The van der Waals surface area contributed by atoms with Crippen molar-refractivity contribution in [1.29, 1.82) is 0 Å². The Hall–Kier alpha value is -1.56. The van der Waals surface area contributed by atoms with Crippen molar-refractivity contribution in [1.82, 2.24) is 0 Å². The minimum Gasteiger partial charge on any atom is -0.326 e. The van der Waals surface area contributed by atoms with E-state index in [-0.39, 0.29) is 33.0 Å². The SMILES string of the molecule is Cc1cccc(NC(=O)CCS(=O)(=O)c2cc(Cl)ccc2Cl)c1. The van der Waals surface area contributed by atoms with Crippen LogP contribution < -0.4 is 5.32 Å². The van der Waals surface area contributed by atoms with Crippen molar-refractivity contribution >= 4 is 44.6 Å². The van der Waals surface area contributed by atoms with Gasteiger partial charge in [-0.1, -0.05) is 35.3 Å². The Labute approximate surface area is 145 Å². The van der Waals surface area contributed by atoms with Gasteiger partial charge >= 0.3 is 0 Å². The van der Waals surface area contributed by atoms with E-state index in [0.717, 1.165) is 5.56 Å². The van der Waals surface area contributed by atoms with Gasteiger partial charge < -0.3 is 5.32 Å². The summed E-state index contributed by atoms with van der Waals surface area (Å²) in [7, 11) is -3.69. The fourth-order valence-electron chi connectivity index (χ4n) is 2.00. The number of benzene rings is 2. The van der Waals surface area contributed by atoms with Crippen LogP contribution in [0.3, 0.4) is 0 Å². The van der Waals surface area contributed by atoms with Crippen LogP contribution in [0.15, 0.2) is 47.4 Å². The maximum atomic E-state index is 12.3. The van der Waals surface area contributed by atoms with E-state index in [9.17, 15) is 13.2 Å². The van der Waals surface area contributed by atoms with Gasteiger partial charge in [0.15, 0.2) is 9.84 Å². The summed E-state index contributed by atoms with van der Waals surface area (Å²) >= 11 is 11.7. The molecule has 0 aliphatic rings. The molecule has 0 aliphatic carbocycles. The molecule has 1 N–H and O–H groups in total. The molecule has 0 spiro atoms. The highest BCUT2D eigenvalue weighted by atomic mass is 35.5. The largest absolute Gasteiger partial charge is 0.326 e. The van der Waals surface area contributed by atoms with Crippen molar-refractivity contribution in [3.63, 3.8) is 0 Å². The highest BCUT2D eigenvalue weighted by molar-refractivity contribution is 7.91. The number of amides is 1. The summed E-state index contributed by atoms with van der Waals surface area (Å²) in [5.74, 6) is -0.720. The molecule has 0 aromatic heterocycles. The molecule has 2 aromatic rings. The first-order valence-electron chi connectivity index (χ1n) is 6.82. The lowest BCUT2D eigenvalue weighted by Crippen LogP contribution is -2.17. The number of hydrogen-bond acceptors (Lipinski definition) is 3. The average Bonchev–Trinajstić information content (AvgIpc) is 2.48. The Morgan fingerprint density at radius 3 is 2.57 bits per heavy atom. The topological polar surface area (TPSA) is 63.2 Å². The van der Waals surface area contributed by atoms with Crippen molar-refractivity contribution in [2.75, 3.05) is 11.1 Å². The van der Waals surface area contributed by atoms with Gasteiger partial charge in [0.2, 0.25) is 5.91 Å². The third kappa shape index (κ3) is 4.96. The number of hydrogen-bond donors (Lipinski definition) is 1. The minimum atomic E-state index is -3.69. The van der Waals surface area contributed by atoms with Gasteiger partial charge in [-0.25, -0.2) is 8.42 Å². The van der Waals surface area contributed by atoms with Crippen LogP contribution in [0.1, 0.15) is 12.0 Å². The smallest absolute Gasteiger partial charge is 0.225 e. The minimum absolute atomic E-state index is 0.0602. The number of anilines is 1. The second kappa shape index (κ2) is 7.34. The van der Waals surface area contributed by atoms with Crippen LogP contribution in [0.4, 0.5) is 5.69 Å². The van der Waals surface area contributed by atoms with E-state index in [0.29, 0.717) is 5.69 Å². The second-order valence-electron chi connectivity index (χ2n) is 5.06. The van der Waals surface area contributed by atoms with Crippen LogP contribution >= 0.6 is 23.2 Å². The number of rotatable bonds is 5. The lowest BCUT2D eigenvalue weighted by Gasteiger charge is -2.08. The van der Waals surface area contributed by atoms with Gasteiger partial charge in [0.05, 0.1) is 15.7 Å². The van der Waals surface area contributed by atoms with Crippen molar-refractivity contribution < 1.29 is 13.2 Å². The highest BCUT2D eigenvalue weighted by Gasteiger charge is 2.20. The highest BCUT2D eigenvalue weighted by Crippen LogP contribution is 2.26. The molecule has 0 radical (unpaired) electrons. The molecule has 0 fully saturated rings. The first-order chi connectivity index (χ1) is 10.8. The Morgan fingerprint density at radius 2 is 1.87 bits per heavy atom. The molecular weight excluding hydrogens is 357 g/mol. The van der Waals surface area contributed by atoms with E-state index < -0.39 is 9.84 Å². The Bertz CT molecular complexity index is 835. The van der Waals surface area contributed by atoms with Crippen LogP contribution in [0.2, 0.25) is 10.0 Å². The van der Waals surface area contributed by atoms with Crippen molar-refractivity contribution in [2.45, 2.75) is 18.2 Å². The quantitative estimate of drug-likeness (QED) is 0.859. The standard InChI is InChI=1S/C16H15Cl2NO3S/c1-11-3-2-4-13(9-11)19-16(20)7-8-23(21,22)15-10-12(17)5-6-14(15)18/h2-6,9-10H,7-8H2,1H3,(H,19,20). The molecule has 7 heteroatoms. The van der Waals surface area contributed by atoms with Gasteiger partial charge in [0, 0.05) is 17.1 Å². The van der Waals surface area contributed by atoms with Crippen LogP contribution in [-0.4, -0.2) is 20.1 Å². The van der Waals surface area contributed by atoms with E-state index in [4.69, 9.17) is 23.2 Å². The number of aryl methyl sites for hydroxylation is 1. The Kier molecular flexibility index (Phi) is 5.68. The summed E-state index contributed by atoms with van der Waals surface area (Å²) in [6, 6.07) is 11.5. The molecule has 2 aromatic carbocycles. The summed E-state index contributed by atoms with van der Waals surface area (Å²) < 4.78 is 24.6. The monoisotopic (exact) mass is 371 g/mol. The third-order valence-electron chi connectivity index (χ3n) is 3.13. The van der Waals surface area contributed by atoms with Crippen LogP contribution in [0.25, 0.3) is 0 Å². The molecule has 2 rings (SSSR count). The van der Waals surface area contributed by atoms with Gasteiger partial charge in [-0.3, -0.25) is 4.79 Å². The predicted molar refractivity (Wildman–Crippen MR) is 92.9 cm³/mol. The molecule has 23 heavy (non-hydrogen) atoms. The number of carbonyl (C=O) groups excluding carboxylic acids is 1. The molecule has 0 heterocycles. The van der Waals surface area contributed by atoms with E-state index in [2.05, 4.69) is 5.32 Å². The maximum absolute atomic E-state index is 12.3. The normalized spacial score (nSPS) is 11.3. The zero-order valence-corrected chi connectivity index (χ0v) is 14.7. The molecular formula is C16H15Cl2NO3S. The van der Waals surface area contributed by atoms with Crippen LogP contribution in [-0.2, 0) is 14.6 Å². The second-order valence-corrected chi connectivity index (χ2v) is 7.98. The van der Waals surface area contributed by atoms with Gasteiger partial charge in [-0.2, -0.15) is 0 Å². The number of halogens is 2. The van der Waals surface area contributed by atoms with E-state index in [1.54, 1.807) is 12.1 Å².